The molecule has 3 aromatic rings. The summed E-state index contributed by atoms with van der Waals surface area (Å²) in [7, 11) is 1.61. The van der Waals surface area contributed by atoms with Crippen molar-refractivity contribution in [2.75, 3.05) is 20.3 Å². The molecule has 4 rings (SSSR count). The maximum absolute atomic E-state index is 12.9. The van der Waals surface area contributed by atoms with E-state index >= 15 is 0 Å². The molecule has 0 saturated carbocycles. The number of rotatable bonds is 7. The zero-order chi connectivity index (χ0) is 23.5. The van der Waals surface area contributed by atoms with E-state index in [1.54, 1.807) is 24.1 Å². The lowest BCUT2D eigenvalue weighted by molar-refractivity contribution is -0.147. The van der Waals surface area contributed by atoms with Crippen LogP contribution in [0, 0.1) is 13.8 Å². The Morgan fingerprint density at radius 3 is 2.55 bits per heavy atom. The molecule has 0 aliphatic carbocycles. The number of carbonyl (C=O) groups is 3. The number of aryl methyl sites for hydroxylation is 1. The number of benzene rings is 1. The lowest BCUT2D eigenvalue weighted by Gasteiger charge is -2.22. The standard InChI is InChI=1S/C25H26N2O5S/c1-16-14-20(17(2)27(16)18-8-10-19(31-3)11-9-18)22(28)15-32-25(30)21-6-4-12-26(21)24(29)23-7-5-13-33-23/h5,7-11,13-14,21H,4,6,12,15H2,1-3H3/t21-/m0/s1. The van der Waals surface area contributed by atoms with Crippen molar-refractivity contribution in [1.29, 1.82) is 0 Å². The van der Waals surface area contributed by atoms with Crippen LogP contribution in [0.1, 0.15) is 44.3 Å². The third-order valence-corrected chi connectivity index (χ3v) is 6.78. The second-order valence-electron chi connectivity index (χ2n) is 7.98. The summed E-state index contributed by atoms with van der Waals surface area (Å²) in [6, 6.07) is 12.3. The van der Waals surface area contributed by atoms with Crippen molar-refractivity contribution in [2.45, 2.75) is 32.7 Å². The molecule has 0 radical (unpaired) electrons. The summed E-state index contributed by atoms with van der Waals surface area (Å²) in [5.74, 6) is -0.221. The van der Waals surface area contributed by atoms with Gasteiger partial charge in [-0.3, -0.25) is 9.59 Å². The number of thiophene rings is 1. The van der Waals surface area contributed by atoms with Crippen molar-refractivity contribution in [1.82, 2.24) is 9.47 Å². The molecule has 2 aromatic heterocycles. The van der Waals surface area contributed by atoms with E-state index in [1.165, 1.54) is 11.3 Å². The van der Waals surface area contributed by atoms with Crippen LogP contribution < -0.4 is 4.74 Å². The predicted molar refractivity (Wildman–Crippen MR) is 125 cm³/mol. The van der Waals surface area contributed by atoms with E-state index < -0.39 is 12.0 Å². The number of Topliss-reactive ketones (excluding diaryl/α,β-unsaturated/α-hetero) is 1. The molecular weight excluding hydrogens is 440 g/mol. The fourth-order valence-corrected chi connectivity index (χ4v) is 4.96. The highest BCUT2D eigenvalue weighted by Crippen LogP contribution is 2.25. The van der Waals surface area contributed by atoms with Crippen molar-refractivity contribution >= 4 is 29.0 Å². The Morgan fingerprint density at radius 2 is 1.88 bits per heavy atom. The smallest absolute Gasteiger partial charge is 0.329 e. The normalized spacial score (nSPS) is 15.5. The molecule has 1 aromatic carbocycles. The summed E-state index contributed by atoms with van der Waals surface area (Å²) in [6.07, 6.45) is 1.27. The van der Waals surface area contributed by atoms with Crippen LogP contribution in [0.3, 0.4) is 0 Å². The first-order valence-electron chi connectivity index (χ1n) is 10.8. The van der Waals surface area contributed by atoms with Crippen molar-refractivity contribution in [3.8, 4) is 11.4 Å². The Labute approximate surface area is 196 Å². The minimum Gasteiger partial charge on any atom is -0.497 e. The lowest BCUT2D eigenvalue weighted by Crippen LogP contribution is -2.41. The number of methoxy groups -OCH3 is 1. The maximum Gasteiger partial charge on any atom is 0.329 e. The Bertz CT molecular complexity index is 1160. The monoisotopic (exact) mass is 466 g/mol. The molecule has 0 spiro atoms. The van der Waals surface area contributed by atoms with E-state index in [0.29, 0.717) is 23.4 Å². The van der Waals surface area contributed by atoms with Crippen LogP contribution in [-0.2, 0) is 9.53 Å². The van der Waals surface area contributed by atoms with Gasteiger partial charge in [-0.2, -0.15) is 0 Å². The highest BCUT2D eigenvalue weighted by atomic mass is 32.1. The number of ketones is 1. The molecule has 0 N–H and O–H groups in total. The first kappa shape index (κ1) is 22.8. The summed E-state index contributed by atoms with van der Waals surface area (Å²) in [5, 5.41) is 1.83. The number of carbonyl (C=O) groups excluding carboxylic acids is 3. The van der Waals surface area contributed by atoms with Crippen molar-refractivity contribution in [3.05, 3.63) is 69.7 Å². The first-order valence-corrected chi connectivity index (χ1v) is 11.7. The van der Waals surface area contributed by atoms with Crippen LogP contribution in [0.4, 0.5) is 0 Å². The Balaban J connectivity index is 1.43. The van der Waals surface area contributed by atoms with Crippen LogP contribution >= 0.6 is 11.3 Å². The Morgan fingerprint density at radius 1 is 1.12 bits per heavy atom. The van der Waals surface area contributed by atoms with Gasteiger partial charge in [0.05, 0.1) is 12.0 Å². The molecule has 8 heteroatoms. The average molecular weight is 467 g/mol. The minimum atomic E-state index is -0.654. The minimum absolute atomic E-state index is 0.168. The van der Waals surface area contributed by atoms with Gasteiger partial charge in [0.15, 0.2) is 6.61 Å². The Hall–Kier alpha value is -3.39. The van der Waals surface area contributed by atoms with Gasteiger partial charge >= 0.3 is 5.97 Å². The van der Waals surface area contributed by atoms with E-state index in [4.69, 9.17) is 9.47 Å². The zero-order valence-corrected chi connectivity index (χ0v) is 19.7. The van der Waals surface area contributed by atoms with Crippen LogP contribution in [0.2, 0.25) is 0 Å². The molecule has 0 bridgehead atoms. The largest absolute Gasteiger partial charge is 0.497 e. The van der Waals surface area contributed by atoms with E-state index in [1.807, 2.05) is 54.1 Å². The van der Waals surface area contributed by atoms with Gasteiger partial charge in [0.1, 0.15) is 11.8 Å². The number of hydrogen-bond donors (Lipinski definition) is 0. The molecule has 7 nitrogen and oxygen atoms in total. The second kappa shape index (κ2) is 9.62. The highest BCUT2D eigenvalue weighted by Gasteiger charge is 2.36. The SMILES string of the molecule is COc1ccc(-n2c(C)cc(C(=O)COC(=O)[C@@H]3CCCN3C(=O)c3cccs3)c2C)cc1. The summed E-state index contributed by atoms with van der Waals surface area (Å²) in [5.41, 5.74) is 3.09. The quantitative estimate of drug-likeness (QED) is 0.385. The molecule has 1 fully saturated rings. The zero-order valence-electron chi connectivity index (χ0n) is 18.9. The molecule has 33 heavy (non-hydrogen) atoms. The highest BCUT2D eigenvalue weighted by molar-refractivity contribution is 7.12. The summed E-state index contributed by atoms with van der Waals surface area (Å²) in [4.78, 5) is 40.5. The molecular formula is C25H26N2O5S. The fourth-order valence-electron chi connectivity index (χ4n) is 4.28. The van der Waals surface area contributed by atoms with Crippen LogP contribution in [0.15, 0.2) is 47.8 Å². The van der Waals surface area contributed by atoms with Crippen molar-refractivity contribution < 1.29 is 23.9 Å². The number of nitrogens with zero attached hydrogens (tertiary/aromatic N) is 2. The number of likely N-dealkylation sites (tertiary alicyclic amines) is 1. The summed E-state index contributed by atoms with van der Waals surface area (Å²) < 4.78 is 12.6. The summed E-state index contributed by atoms with van der Waals surface area (Å²) >= 11 is 1.35. The predicted octanol–water partition coefficient (Wildman–Crippen LogP) is 4.19. The van der Waals surface area contributed by atoms with Crippen LogP contribution in [0.25, 0.3) is 5.69 Å². The lowest BCUT2D eigenvalue weighted by atomic mass is 10.1. The van der Waals surface area contributed by atoms with Gasteiger partial charge in [0.25, 0.3) is 5.91 Å². The summed E-state index contributed by atoms with van der Waals surface area (Å²) in [6.45, 7) is 3.94. The van der Waals surface area contributed by atoms with Crippen molar-refractivity contribution in [3.63, 3.8) is 0 Å². The molecule has 1 amide bonds. The second-order valence-corrected chi connectivity index (χ2v) is 8.93. The van der Waals surface area contributed by atoms with Gasteiger partial charge in [-0.15, -0.1) is 11.3 Å². The van der Waals surface area contributed by atoms with Crippen LogP contribution in [-0.4, -0.2) is 53.4 Å². The van der Waals surface area contributed by atoms with Gasteiger partial charge in [-0.25, -0.2) is 4.79 Å². The van der Waals surface area contributed by atoms with Gasteiger partial charge in [0, 0.05) is 29.2 Å². The van der Waals surface area contributed by atoms with E-state index in [0.717, 1.165) is 29.2 Å². The first-order chi connectivity index (χ1) is 15.9. The van der Waals surface area contributed by atoms with Crippen LogP contribution in [0.5, 0.6) is 5.75 Å². The van der Waals surface area contributed by atoms with Gasteiger partial charge in [0.2, 0.25) is 5.78 Å². The molecule has 1 aliphatic heterocycles. The molecule has 3 heterocycles. The third kappa shape index (κ3) is 4.57. The van der Waals surface area contributed by atoms with Gasteiger partial charge < -0.3 is 18.9 Å². The Kier molecular flexibility index (Phi) is 6.65. The molecule has 0 unspecified atom stereocenters. The molecule has 1 saturated heterocycles. The average Bonchev–Trinajstić information content (AvgIpc) is 3.58. The number of amides is 1. The van der Waals surface area contributed by atoms with E-state index in [2.05, 4.69) is 0 Å². The third-order valence-electron chi connectivity index (χ3n) is 5.93. The molecule has 1 atom stereocenters. The van der Waals surface area contributed by atoms with E-state index in [9.17, 15) is 14.4 Å². The number of ether oxygens (including phenoxy) is 2. The topological polar surface area (TPSA) is 77.8 Å². The maximum atomic E-state index is 12.9. The van der Waals surface area contributed by atoms with Crippen molar-refractivity contribution in [2.24, 2.45) is 0 Å². The number of esters is 1. The number of aromatic nitrogens is 1. The van der Waals surface area contributed by atoms with Gasteiger partial charge in [-0.05, 0) is 68.5 Å². The fraction of sp³-hybridized carbons (Fsp3) is 0.320. The van der Waals surface area contributed by atoms with Gasteiger partial charge in [-0.1, -0.05) is 6.07 Å². The molecule has 1 aliphatic rings. The van der Waals surface area contributed by atoms with E-state index in [-0.39, 0.29) is 18.3 Å². The number of hydrogen-bond acceptors (Lipinski definition) is 6. The molecule has 172 valence electrons.